The molecule has 0 aromatic carbocycles. The van der Waals surface area contributed by atoms with E-state index >= 15 is 0 Å². The van der Waals surface area contributed by atoms with Gasteiger partial charge in [0.15, 0.2) is 18.5 Å². The highest BCUT2D eigenvalue weighted by molar-refractivity contribution is 5.70. The van der Waals surface area contributed by atoms with Crippen molar-refractivity contribution < 1.29 is 34.0 Å². The second-order valence-electron chi connectivity index (χ2n) is 5.36. The molecule has 1 saturated heterocycles. The molecule has 22 heavy (non-hydrogen) atoms. The van der Waals surface area contributed by atoms with Crippen molar-refractivity contribution in [2.24, 2.45) is 0 Å². The molecular formula is C15H26O7. The molecular weight excluding hydrogens is 292 g/mol. The van der Waals surface area contributed by atoms with Crippen LogP contribution in [-0.4, -0.2) is 53.4 Å². The summed E-state index contributed by atoms with van der Waals surface area (Å²) in [6.07, 6.45) is -0.909. The van der Waals surface area contributed by atoms with Gasteiger partial charge in [-0.2, -0.15) is 0 Å². The fourth-order valence-electron chi connectivity index (χ4n) is 2.19. The largest absolute Gasteiger partial charge is 0.455 e. The molecule has 0 amide bonds. The standard InChI is InChI=1S/C15H26O7/c1-3-5-7-11(17)21-13-10(9-16)20-15(19)14(13)22-12(18)8-6-4-2/h10,13-16,19H,3-9H2,1-2H3. The lowest BCUT2D eigenvalue weighted by molar-refractivity contribution is -0.177. The molecule has 0 aromatic rings. The Bertz CT molecular complexity index is 358. The van der Waals surface area contributed by atoms with Crippen molar-refractivity contribution >= 4 is 11.9 Å². The highest BCUT2D eigenvalue weighted by Gasteiger charge is 2.48. The smallest absolute Gasteiger partial charge is 0.306 e. The monoisotopic (exact) mass is 318 g/mol. The van der Waals surface area contributed by atoms with Crippen LogP contribution in [-0.2, 0) is 23.8 Å². The summed E-state index contributed by atoms with van der Waals surface area (Å²) in [6.45, 7) is 3.46. The van der Waals surface area contributed by atoms with Crippen molar-refractivity contribution in [3.05, 3.63) is 0 Å². The van der Waals surface area contributed by atoms with Crippen LogP contribution in [0.4, 0.5) is 0 Å². The van der Waals surface area contributed by atoms with Gasteiger partial charge in [-0.25, -0.2) is 0 Å². The van der Waals surface area contributed by atoms with Gasteiger partial charge in [-0.3, -0.25) is 9.59 Å². The third-order valence-corrected chi connectivity index (χ3v) is 3.47. The second-order valence-corrected chi connectivity index (χ2v) is 5.36. The molecule has 128 valence electrons. The lowest BCUT2D eigenvalue weighted by Crippen LogP contribution is -2.41. The van der Waals surface area contributed by atoms with Crippen LogP contribution in [0, 0.1) is 0 Å². The maximum Gasteiger partial charge on any atom is 0.306 e. The van der Waals surface area contributed by atoms with Gasteiger partial charge in [0.05, 0.1) is 6.61 Å². The average molecular weight is 318 g/mol. The van der Waals surface area contributed by atoms with Crippen molar-refractivity contribution in [2.75, 3.05) is 6.61 Å². The Labute approximate surface area is 130 Å². The maximum atomic E-state index is 11.7. The normalized spacial score (nSPS) is 27.6. The number of rotatable bonds is 9. The summed E-state index contributed by atoms with van der Waals surface area (Å²) >= 11 is 0. The zero-order chi connectivity index (χ0) is 16.5. The fraction of sp³-hybridized carbons (Fsp3) is 0.867. The van der Waals surface area contributed by atoms with Crippen molar-refractivity contribution in [3.63, 3.8) is 0 Å². The summed E-state index contributed by atoms with van der Waals surface area (Å²) in [5, 5.41) is 19.1. The predicted octanol–water partition coefficient (Wildman–Crippen LogP) is 0.900. The molecule has 7 nitrogen and oxygen atoms in total. The Morgan fingerprint density at radius 2 is 1.50 bits per heavy atom. The van der Waals surface area contributed by atoms with E-state index in [0.717, 1.165) is 12.8 Å². The molecule has 4 atom stereocenters. The molecule has 0 spiro atoms. The Kier molecular flexibility index (Phi) is 8.37. The van der Waals surface area contributed by atoms with E-state index in [1.54, 1.807) is 0 Å². The number of hydrogen-bond acceptors (Lipinski definition) is 7. The number of ether oxygens (including phenoxy) is 3. The van der Waals surface area contributed by atoms with E-state index in [9.17, 15) is 19.8 Å². The summed E-state index contributed by atoms with van der Waals surface area (Å²) in [4.78, 5) is 23.5. The van der Waals surface area contributed by atoms with E-state index in [4.69, 9.17) is 14.2 Å². The zero-order valence-corrected chi connectivity index (χ0v) is 13.2. The molecule has 0 radical (unpaired) electrons. The van der Waals surface area contributed by atoms with E-state index < -0.39 is 43.1 Å². The SMILES string of the molecule is CCCCC(=O)OC1C(O)OC(CO)C1OC(=O)CCCC. The van der Waals surface area contributed by atoms with Crippen molar-refractivity contribution in [3.8, 4) is 0 Å². The van der Waals surface area contributed by atoms with Gasteiger partial charge in [-0.15, -0.1) is 0 Å². The second kappa shape index (κ2) is 9.76. The van der Waals surface area contributed by atoms with Gasteiger partial charge < -0.3 is 24.4 Å². The first-order valence-corrected chi connectivity index (χ1v) is 7.86. The average Bonchev–Trinajstić information content (AvgIpc) is 2.79. The molecule has 1 aliphatic rings. The van der Waals surface area contributed by atoms with Crippen LogP contribution in [0.5, 0.6) is 0 Å². The molecule has 2 N–H and O–H groups in total. The summed E-state index contributed by atoms with van der Waals surface area (Å²) in [7, 11) is 0. The number of aliphatic hydroxyl groups excluding tert-OH is 2. The first kappa shape index (κ1) is 18.9. The predicted molar refractivity (Wildman–Crippen MR) is 76.8 cm³/mol. The minimum Gasteiger partial charge on any atom is -0.455 e. The summed E-state index contributed by atoms with van der Waals surface area (Å²) in [5.74, 6) is -0.944. The van der Waals surface area contributed by atoms with Crippen LogP contribution in [0.25, 0.3) is 0 Å². The van der Waals surface area contributed by atoms with Crippen molar-refractivity contribution in [2.45, 2.75) is 77.0 Å². The van der Waals surface area contributed by atoms with E-state index in [1.807, 2.05) is 13.8 Å². The van der Waals surface area contributed by atoms with E-state index in [2.05, 4.69) is 0 Å². The number of hydrogen-bond donors (Lipinski definition) is 2. The van der Waals surface area contributed by atoms with Gasteiger partial charge in [0.2, 0.25) is 0 Å². The number of carbonyl (C=O) groups is 2. The van der Waals surface area contributed by atoms with Gasteiger partial charge >= 0.3 is 11.9 Å². The quantitative estimate of drug-likeness (QED) is 0.609. The Morgan fingerprint density at radius 3 is 1.95 bits per heavy atom. The first-order chi connectivity index (χ1) is 10.5. The lowest BCUT2D eigenvalue weighted by atomic mass is 10.1. The number of carbonyl (C=O) groups excluding carboxylic acids is 2. The van der Waals surface area contributed by atoms with Gasteiger partial charge in [0.25, 0.3) is 0 Å². The molecule has 0 bridgehead atoms. The molecule has 4 unspecified atom stereocenters. The zero-order valence-electron chi connectivity index (χ0n) is 13.2. The van der Waals surface area contributed by atoms with Gasteiger partial charge in [-0.1, -0.05) is 26.7 Å². The summed E-state index contributed by atoms with van der Waals surface area (Å²) < 4.78 is 15.5. The first-order valence-electron chi connectivity index (χ1n) is 7.86. The molecule has 7 heteroatoms. The van der Waals surface area contributed by atoms with E-state index in [-0.39, 0.29) is 12.8 Å². The molecule has 1 rings (SSSR count). The minimum absolute atomic E-state index is 0.222. The Morgan fingerprint density at radius 1 is 1.00 bits per heavy atom. The Hall–Kier alpha value is -1.18. The Balaban J connectivity index is 2.65. The highest BCUT2D eigenvalue weighted by atomic mass is 16.7. The van der Waals surface area contributed by atoms with Crippen molar-refractivity contribution in [1.29, 1.82) is 0 Å². The van der Waals surface area contributed by atoms with E-state index in [1.165, 1.54) is 0 Å². The number of aliphatic hydroxyl groups is 2. The van der Waals surface area contributed by atoms with Crippen LogP contribution < -0.4 is 0 Å². The minimum atomic E-state index is -1.41. The third-order valence-electron chi connectivity index (χ3n) is 3.47. The molecule has 0 aliphatic carbocycles. The van der Waals surface area contributed by atoms with Gasteiger partial charge in [-0.05, 0) is 12.8 Å². The van der Waals surface area contributed by atoms with Gasteiger partial charge in [0, 0.05) is 12.8 Å². The van der Waals surface area contributed by atoms with Crippen molar-refractivity contribution in [1.82, 2.24) is 0 Å². The lowest BCUT2D eigenvalue weighted by Gasteiger charge is -2.22. The third kappa shape index (κ3) is 5.55. The van der Waals surface area contributed by atoms with Crippen LogP contribution in [0.2, 0.25) is 0 Å². The highest BCUT2D eigenvalue weighted by Crippen LogP contribution is 2.26. The number of unbranched alkanes of at least 4 members (excludes halogenated alkanes) is 2. The molecule has 1 aliphatic heterocycles. The maximum absolute atomic E-state index is 11.7. The molecule has 0 aromatic heterocycles. The van der Waals surface area contributed by atoms with Crippen LogP contribution in [0.3, 0.4) is 0 Å². The molecule has 1 heterocycles. The van der Waals surface area contributed by atoms with Crippen LogP contribution >= 0.6 is 0 Å². The molecule has 1 fully saturated rings. The van der Waals surface area contributed by atoms with Crippen LogP contribution in [0.15, 0.2) is 0 Å². The van der Waals surface area contributed by atoms with Crippen LogP contribution in [0.1, 0.15) is 52.4 Å². The van der Waals surface area contributed by atoms with Gasteiger partial charge in [0.1, 0.15) is 6.10 Å². The number of esters is 2. The topological polar surface area (TPSA) is 102 Å². The van der Waals surface area contributed by atoms with E-state index in [0.29, 0.717) is 12.8 Å². The summed E-state index contributed by atoms with van der Waals surface area (Å²) in [6, 6.07) is 0. The molecule has 0 saturated carbocycles. The fourth-order valence-corrected chi connectivity index (χ4v) is 2.19. The summed E-state index contributed by atoms with van der Waals surface area (Å²) in [5.41, 5.74) is 0.